The number of fused-ring (bicyclic) bond motifs is 1. The van der Waals surface area contributed by atoms with E-state index in [0.717, 1.165) is 16.7 Å². The summed E-state index contributed by atoms with van der Waals surface area (Å²) in [6.45, 7) is 3.94. The van der Waals surface area contributed by atoms with Gasteiger partial charge in [0.05, 0.1) is 5.69 Å². The van der Waals surface area contributed by atoms with Crippen molar-refractivity contribution >= 4 is 23.3 Å². The lowest BCUT2D eigenvalue weighted by Crippen LogP contribution is -2.45. The van der Waals surface area contributed by atoms with Gasteiger partial charge in [-0.3, -0.25) is 19.3 Å². The number of nitrogens with one attached hydrogen (secondary N) is 1. The Morgan fingerprint density at radius 3 is 2.49 bits per heavy atom. The number of ketones is 1. The molecule has 0 saturated carbocycles. The van der Waals surface area contributed by atoms with Gasteiger partial charge in [-0.05, 0) is 67.3 Å². The quantitative estimate of drug-likeness (QED) is 0.481. The number of amides is 2. The van der Waals surface area contributed by atoms with Crippen molar-refractivity contribution in [2.24, 2.45) is 0 Å². The van der Waals surface area contributed by atoms with Gasteiger partial charge < -0.3 is 14.8 Å². The number of carbonyl (C=O) groups is 3. The number of benzene rings is 3. The molecule has 3 aromatic carbocycles. The predicted molar refractivity (Wildman–Crippen MR) is 133 cm³/mol. The van der Waals surface area contributed by atoms with E-state index in [1.807, 2.05) is 62.4 Å². The fourth-order valence-corrected chi connectivity index (χ4v) is 3.99. The highest BCUT2D eigenvalue weighted by Gasteiger charge is 2.28. The zero-order valence-electron chi connectivity index (χ0n) is 19.9. The van der Waals surface area contributed by atoms with Crippen LogP contribution < -0.4 is 19.7 Å². The summed E-state index contributed by atoms with van der Waals surface area (Å²) in [6.07, 6.45) is 0.694. The highest BCUT2D eigenvalue weighted by atomic mass is 16.5. The van der Waals surface area contributed by atoms with Gasteiger partial charge >= 0.3 is 0 Å². The first-order valence-corrected chi connectivity index (χ1v) is 11.5. The zero-order valence-corrected chi connectivity index (χ0v) is 19.9. The number of Topliss-reactive ketones (excluding diaryl/α,β-unsaturated/α-hetero) is 1. The molecule has 0 atom stereocenters. The van der Waals surface area contributed by atoms with Crippen molar-refractivity contribution in [3.05, 3.63) is 89.0 Å². The average molecular weight is 473 g/mol. The number of carbonyl (C=O) groups excluding carboxylic acids is 3. The molecule has 7 heteroatoms. The molecule has 1 heterocycles. The number of aryl methyl sites for hydroxylation is 2. The third kappa shape index (κ3) is 6.26. The molecule has 180 valence electrons. The molecule has 0 bridgehead atoms. The molecule has 1 N–H and O–H groups in total. The predicted octanol–water partition coefficient (Wildman–Crippen LogP) is 3.65. The van der Waals surface area contributed by atoms with Gasteiger partial charge in [0, 0.05) is 12.1 Å². The number of hydrogen-bond acceptors (Lipinski definition) is 5. The summed E-state index contributed by atoms with van der Waals surface area (Å²) in [5.41, 5.74) is 3.99. The van der Waals surface area contributed by atoms with Crippen LogP contribution in [0.25, 0.3) is 0 Å². The van der Waals surface area contributed by atoms with Crippen LogP contribution in [0, 0.1) is 13.8 Å². The highest BCUT2D eigenvalue weighted by molar-refractivity contribution is 6.04. The molecule has 0 radical (unpaired) electrons. The van der Waals surface area contributed by atoms with Gasteiger partial charge in [0.2, 0.25) is 5.91 Å². The van der Waals surface area contributed by atoms with Crippen LogP contribution in [-0.2, 0) is 16.0 Å². The summed E-state index contributed by atoms with van der Waals surface area (Å²) < 4.78 is 11.2. The van der Waals surface area contributed by atoms with Crippen molar-refractivity contribution in [1.82, 2.24) is 5.32 Å². The molecular formula is C28H28N2O5. The first-order valence-electron chi connectivity index (χ1n) is 11.5. The summed E-state index contributed by atoms with van der Waals surface area (Å²) >= 11 is 0. The Labute approximate surface area is 204 Å². The first-order chi connectivity index (χ1) is 16.9. The summed E-state index contributed by atoms with van der Waals surface area (Å²) in [5.74, 6) is 0.218. The lowest BCUT2D eigenvalue weighted by atomic mass is 10.1. The number of anilines is 1. The van der Waals surface area contributed by atoms with E-state index in [9.17, 15) is 14.4 Å². The van der Waals surface area contributed by atoms with E-state index in [2.05, 4.69) is 5.32 Å². The van der Waals surface area contributed by atoms with Crippen molar-refractivity contribution in [2.75, 3.05) is 31.2 Å². The molecule has 0 fully saturated rings. The van der Waals surface area contributed by atoms with E-state index >= 15 is 0 Å². The molecular weight excluding hydrogens is 444 g/mol. The smallest absolute Gasteiger partial charge is 0.265 e. The molecule has 1 aliphatic heterocycles. The maximum Gasteiger partial charge on any atom is 0.265 e. The Bertz CT molecular complexity index is 1220. The molecule has 0 unspecified atom stereocenters. The van der Waals surface area contributed by atoms with Crippen LogP contribution in [0.2, 0.25) is 0 Å². The molecule has 0 spiro atoms. The van der Waals surface area contributed by atoms with Crippen molar-refractivity contribution in [2.45, 2.75) is 20.3 Å². The Hall–Kier alpha value is -4.13. The second-order valence-corrected chi connectivity index (χ2v) is 8.57. The third-order valence-electron chi connectivity index (χ3n) is 5.67. The maximum absolute atomic E-state index is 12.8. The van der Waals surface area contributed by atoms with Gasteiger partial charge in [0.25, 0.3) is 5.91 Å². The molecule has 7 nitrogen and oxygen atoms in total. The number of nitrogens with zero attached hydrogens (tertiary/aromatic N) is 1. The van der Waals surface area contributed by atoms with Crippen molar-refractivity contribution in [1.29, 1.82) is 0 Å². The van der Waals surface area contributed by atoms with Crippen LogP contribution in [0.5, 0.6) is 11.5 Å². The summed E-state index contributed by atoms with van der Waals surface area (Å²) in [7, 11) is 0. The molecule has 35 heavy (non-hydrogen) atoms. The standard InChI is InChI=1S/C28H28N2O5/c1-19-12-20(2)14-23(13-19)34-17-25(31)22-8-9-26-24(15-22)30(28(33)18-35-26)16-27(32)29-11-10-21-6-4-3-5-7-21/h3-9,12-15H,10-11,16-18H2,1-2H3,(H,29,32). The van der Waals surface area contributed by atoms with Gasteiger partial charge in [0.15, 0.2) is 19.0 Å². The first kappa shape index (κ1) is 24.0. The molecule has 3 aromatic rings. The molecule has 0 aromatic heterocycles. The number of rotatable bonds is 9. The Morgan fingerprint density at radius 1 is 1.00 bits per heavy atom. The monoisotopic (exact) mass is 472 g/mol. The summed E-state index contributed by atoms with van der Waals surface area (Å²) in [4.78, 5) is 39.3. The SMILES string of the molecule is Cc1cc(C)cc(OCC(=O)c2ccc3c(c2)N(CC(=O)NCCc2ccccc2)C(=O)CO3)c1. The van der Waals surface area contributed by atoms with Crippen molar-refractivity contribution < 1.29 is 23.9 Å². The second-order valence-electron chi connectivity index (χ2n) is 8.57. The minimum atomic E-state index is -0.341. The van der Waals surface area contributed by atoms with Gasteiger partial charge in [-0.15, -0.1) is 0 Å². The Balaban J connectivity index is 1.40. The van der Waals surface area contributed by atoms with E-state index in [-0.39, 0.29) is 37.4 Å². The van der Waals surface area contributed by atoms with E-state index < -0.39 is 0 Å². The fraction of sp³-hybridized carbons (Fsp3) is 0.250. The molecule has 1 aliphatic rings. The van der Waals surface area contributed by atoms with Crippen LogP contribution in [-0.4, -0.2) is 43.9 Å². The van der Waals surface area contributed by atoms with Crippen LogP contribution in [0.3, 0.4) is 0 Å². The third-order valence-corrected chi connectivity index (χ3v) is 5.67. The molecule has 0 saturated heterocycles. The highest BCUT2D eigenvalue weighted by Crippen LogP contribution is 2.33. The Morgan fingerprint density at radius 2 is 1.74 bits per heavy atom. The van der Waals surface area contributed by atoms with Gasteiger partial charge in [-0.25, -0.2) is 0 Å². The van der Waals surface area contributed by atoms with Crippen molar-refractivity contribution in [3.8, 4) is 11.5 Å². The minimum absolute atomic E-state index is 0.142. The van der Waals surface area contributed by atoms with E-state index in [1.54, 1.807) is 18.2 Å². The lowest BCUT2D eigenvalue weighted by Gasteiger charge is -2.29. The minimum Gasteiger partial charge on any atom is -0.485 e. The zero-order chi connectivity index (χ0) is 24.8. The lowest BCUT2D eigenvalue weighted by molar-refractivity contribution is -0.125. The van der Waals surface area contributed by atoms with Gasteiger partial charge in [-0.2, -0.15) is 0 Å². The average Bonchev–Trinajstić information content (AvgIpc) is 2.84. The topological polar surface area (TPSA) is 84.9 Å². The Kier molecular flexibility index (Phi) is 7.45. The number of hydrogen-bond donors (Lipinski definition) is 1. The molecule has 2 amide bonds. The van der Waals surface area contributed by atoms with Crippen LogP contribution in [0.4, 0.5) is 5.69 Å². The maximum atomic E-state index is 12.8. The van der Waals surface area contributed by atoms with E-state index in [0.29, 0.717) is 35.7 Å². The fourth-order valence-electron chi connectivity index (χ4n) is 3.99. The van der Waals surface area contributed by atoms with Crippen LogP contribution in [0.15, 0.2) is 66.7 Å². The largest absolute Gasteiger partial charge is 0.485 e. The van der Waals surface area contributed by atoms with Crippen LogP contribution >= 0.6 is 0 Å². The number of ether oxygens (including phenoxy) is 2. The normalized spacial score (nSPS) is 12.5. The second kappa shape index (κ2) is 10.9. The summed E-state index contributed by atoms with van der Waals surface area (Å²) in [6, 6.07) is 20.5. The molecule has 0 aliphatic carbocycles. The van der Waals surface area contributed by atoms with Gasteiger partial charge in [-0.1, -0.05) is 36.4 Å². The van der Waals surface area contributed by atoms with Crippen molar-refractivity contribution in [3.63, 3.8) is 0 Å². The van der Waals surface area contributed by atoms with Crippen LogP contribution in [0.1, 0.15) is 27.0 Å². The molecule has 4 rings (SSSR count). The van der Waals surface area contributed by atoms with Gasteiger partial charge in [0.1, 0.15) is 18.0 Å². The van der Waals surface area contributed by atoms with E-state index in [4.69, 9.17) is 9.47 Å². The van der Waals surface area contributed by atoms with E-state index in [1.165, 1.54) is 4.90 Å². The summed E-state index contributed by atoms with van der Waals surface area (Å²) in [5, 5.41) is 2.85.